The topological polar surface area (TPSA) is 74.7 Å². The Bertz CT molecular complexity index is 639. The molecule has 0 spiro atoms. The lowest BCUT2D eigenvalue weighted by Gasteiger charge is -2.29. The largest absolute Gasteiger partial charge is 0.409 e. The number of nitrogens with two attached hydrogens (primary N) is 1. The predicted octanol–water partition coefficient (Wildman–Crippen LogP) is 2.56. The van der Waals surface area contributed by atoms with Gasteiger partial charge in [-0.3, -0.25) is 4.98 Å². The van der Waals surface area contributed by atoms with E-state index in [2.05, 4.69) is 28.9 Å². The fraction of sp³-hybridized carbons (Fsp3) is 0.333. The van der Waals surface area contributed by atoms with Crippen molar-refractivity contribution in [2.75, 3.05) is 11.9 Å². The molecule has 0 radical (unpaired) electrons. The third kappa shape index (κ3) is 2.39. The fourth-order valence-corrected chi connectivity index (χ4v) is 2.24. The molecule has 1 aromatic carbocycles. The van der Waals surface area contributed by atoms with Crippen LogP contribution in [-0.4, -0.2) is 29.1 Å². The van der Waals surface area contributed by atoms with E-state index in [0.29, 0.717) is 11.6 Å². The van der Waals surface area contributed by atoms with E-state index in [4.69, 9.17) is 10.9 Å². The van der Waals surface area contributed by atoms with Crippen molar-refractivity contribution in [1.82, 2.24) is 4.98 Å². The van der Waals surface area contributed by atoms with E-state index in [0.717, 1.165) is 23.0 Å². The summed E-state index contributed by atoms with van der Waals surface area (Å²) >= 11 is 0. The molecule has 5 heteroatoms. The van der Waals surface area contributed by atoms with Crippen molar-refractivity contribution in [2.45, 2.75) is 26.3 Å². The zero-order valence-electron chi connectivity index (χ0n) is 12.0. The van der Waals surface area contributed by atoms with Crippen molar-refractivity contribution in [2.24, 2.45) is 10.9 Å². The van der Waals surface area contributed by atoms with Gasteiger partial charge in [0.15, 0.2) is 5.84 Å². The molecule has 0 saturated heterocycles. The van der Waals surface area contributed by atoms with Crippen LogP contribution in [0.1, 0.15) is 25.8 Å². The Morgan fingerprint density at radius 1 is 1.45 bits per heavy atom. The Kier molecular flexibility index (Phi) is 4.08. The molecule has 2 aromatic rings. The fourth-order valence-electron chi connectivity index (χ4n) is 2.24. The van der Waals surface area contributed by atoms with E-state index >= 15 is 0 Å². The number of para-hydroxylation sites is 1. The van der Waals surface area contributed by atoms with E-state index in [1.165, 1.54) is 0 Å². The molecule has 0 aliphatic heterocycles. The van der Waals surface area contributed by atoms with Crippen LogP contribution < -0.4 is 10.6 Å². The molecule has 0 saturated carbocycles. The molecule has 1 aromatic heterocycles. The van der Waals surface area contributed by atoms with Crippen molar-refractivity contribution in [1.29, 1.82) is 0 Å². The number of hydrogen-bond acceptors (Lipinski definition) is 4. The minimum Gasteiger partial charge on any atom is -0.409 e. The SMILES string of the molecule is CCC(C)N(C)c1c(/C(N)=N/O)cnc2ccccc12. The number of oxime groups is 1. The van der Waals surface area contributed by atoms with Gasteiger partial charge in [-0.1, -0.05) is 30.3 Å². The minimum absolute atomic E-state index is 0.0772. The second-order valence-corrected chi connectivity index (χ2v) is 4.89. The first-order chi connectivity index (χ1) is 9.60. The Balaban J connectivity index is 2.74. The molecular weight excluding hydrogens is 252 g/mol. The Morgan fingerprint density at radius 2 is 2.15 bits per heavy atom. The predicted molar refractivity (Wildman–Crippen MR) is 82.4 cm³/mol. The first-order valence-electron chi connectivity index (χ1n) is 6.68. The molecule has 20 heavy (non-hydrogen) atoms. The highest BCUT2D eigenvalue weighted by molar-refractivity contribution is 6.08. The summed E-state index contributed by atoms with van der Waals surface area (Å²) in [6.07, 6.45) is 2.66. The lowest BCUT2D eigenvalue weighted by atomic mass is 10.1. The highest BCUT2D eigenvalue weighted by Crippen LogP contribution is 2.30. The second-order valence-electron chi connectivity index (χ2n) is 4.89. The van der Waals surface area contributed by atoms with Crippen molar-refractivity contribution in [3.05, 3.63) is 36.0 Å². The molecule has 0 aliphatic carbocycles. The van der Waals surface area contributed by atoms with Crippen molar-refractivity contribution in [3.8, 4) is 0 Å². The maximum atomic E-state index is 8.98. The third-order valence-corrected chi connectivity index (χ3v) is 3.74. The number of nitrogens with zero attached hydrogens (tertiary/aromatic N) is 3. The molecule has 1 atom stereocenters. The van der Waals surface area contributed by atoms with E-state index in [1.807, 2.05) is 31.3 Å². The molecule has 5 nitrogen and oxygen atoms in total. The summed E-state index contributed by atoms with van der Waals surface area (Å²) in [6, 6.07) is 8.22. The zero-order chi connectivity index (χ0) is 14.7. The molecular formula is C15H20N4O. The molecule has 0 aliphatic rings. The first kappa shape index (κ1) is 14.1. The van der Waals surface area contributed by atoms with Gasteiger partial charge in [-0.15, -0.1) is 0 Å². The van der Waals surface area contributed by atoms with Crippen LogP contribution in [0.4, 0.5) is 5.69 Å². The highest BCUT2D eigenvalue weighted by atomic mass is 16.4. The van der Waals surface area contributed by atoms with Crippen LogP contribution in [0.25, 0.3) is 10.9 Å². The lowest BCUT2D eigenvalue weighted by molar-refractivity contribution is 0.318. The van der Waals surface area contributed by atoms with E-state index < -0.39 is 0 Å². The molecule has 106 valence electrons. The van der Waals surface area contributed by atoms with Crippen molar-refractivity contribution < 1.29 is 5.21 Å². The Labute approximate surface area is 118 Å². The van der Waals surface area contributed by atoms with Gasteiger partial charge in [-0.25, -0.2) is 0 Å². The number of amidine groups is 1. The summed E-state index contributed by atoms with van der Waals surface area (Å²) in [5.41, 5.74) is 8.29. The van der Waals surface area contributed by atoms with Gasteiger partial charge >= 0.3 is 0 Å². The number of anilines is 1. The maximum Gasteiger partial charge on any atom is 0.173 e. The van der Waals surface area contributed by atoms with E-state index in [1.54, 1.807) is 6.20 Å². The summed E-state index contributed by atoms with van der Waals surface area (Å²) in [6.45, 7) is 4.28. The first-order valence-corrected chi connectivity index (χ1v) is 6.68. The van der Waals surface area contributed by atoms with E-state index in [-0.39, 0.29) is 5.84 Å². The summed E-state index contributed by atoms with van der Waals surface area (Å²) in [7, 11) is 2.02. The molecule has 0 fully saturated rings. The molecule has 3 N–H and O–H groups in total. The summed E-state index contributed by atoms with van der Waals surface area (Å²) in [4.78, 5) is 6.53. The second kappa shape index (κ2) is 5.77. The van der Waals surface area contributed by atoms with Gasteiger partial charge in [-0.05, 0) is 19.4 Å². The number of aromatic nitrogens is 1. The quantitative estimate of drug-likeness (QED) is 0.388. The summed E-state index contributed by atoms with van der Waals surface area (Å²) in [5.74, 6) is 0.0772. The van der Waals surface area contributed by atoms with Crippen LogP contribution in [0, 0.1) is 0 Å². The smallest absolute Gasteiger partial charge is 0.173 e. The van der Waals surface area contributed by atoms with Gasteiger partial charge in [0, 0.05) is 24.7 Å². The van der Waals surface area contributed by atoms with Crippen LogP contribution in [0.5, 0.6) is 0 Å². The lowest BCUT2D eigenvalue weighted by Crippen LogP contribution is -2.31. The molecule has 0 bridgehead atoms. The van der Waals surface area contributed by atoms with Crippen molar-refractivity contribution in [3.63, 3.8) is 0 Å². The van der Waals surface area contributed by atoms with Crippen LogP contribution >= 0.6 is 0 Å². The molecule has 1 unspecified atom stereocenters. The van der Waals surface area contributed by atoms with Gasteiger partial charge in [0.1, 0.15) is 0 Å². The van der Waals surface area contributed by atoms with E-state index in [9.17, 15) is 0 Å². The number of hydrogen-bond donors (Lipinski definition) is 2. The summed E-state index contributed by atoms with van der Waals surface area (Å²) < 4.78 is 0. The minimum atomic E-state index is 0.0772. The number of pyridine rings is 1. The van der Waals surface area contributed by atoms with Crippen LogP contribution in [0.3, 0.4) is 0 Å². The highest BCUT2D eigenvalue weighted by Gasteiger charge is 2.18. The van der Waals surface area contributed by atoms with Crippen LogP contribution in [0.15, 0.2) is 35.6 Å². The average Bonchev–Trinajstić information content (AvgIpc) is 2.51. The monoisotopic (exact) mass is 272 g/mol. The molecule has 2 rings (SSSR count). The third-order valence-electron chi connectivity index (χ3n) is 3.74. The zero-order valence-corrected chi connectivity index (χ0v) is 12.0. The van der Waals surface area contributed by atoms with Gasteiger partial charge in [0.2, 0.25) is 0 Å². The van der Waals surface area contributed by atoms with Crippen molar-refractivity contribution >= 4 is 22.4 Å². The normalized spacial score (nSPS) is 13.4. The number of fused-ring (bicyclic) bond motifs is 1. The Morgan fingerprint density at radius 3 is 2.80 bits per heavy atom. The summed E-state index contributed by atoms with van der Waals surface area (Å²) in [5, 5.41) is 13.1. The average molecular weight is 272 g/mol. The van der Waals surface area contributed by atoms with Gasteiger partial charge in [0.05, 0.1) is 16.8 Å². The number of rotatable bonds is 4. The van der Waals surface area contributed by atoms with Gasteiger partial charge < -0.3 is 15.8 Å². The maximum absolute atomic E-state index is 8.98. The van der Waals surface area contributed by atoms with Gasteiger partial charge in [-0.2, -0.15) is 0 Å². The van der Waals surface area contributed by atoms with Crippen LogP contribution in [0.2, 0.25) is 0 Å². The number of benzene rings is 1. The van der Waals surface area contributed by atoms with Crippen LogP contribution in [-0.2, 0) is 0 Å². The molecule has 0 amide bonds. The van der Waals surface area contributed by atoms with Gasteiger partial charge in [0.25, 0.3) is 0 Å². The standard InChI is InChI=1S/C15H20N4O/c1-4-10(2)19(3)14-11-7-5-6-8-13(11)17-9-12(14)15(16)18-20/h5-10,20H,4H2,1-3H3,(H2,16,18). The Hall–Kier alpha value is -2.30. The molecule has 1 heterocycles.